The average Bonchev–Trinajstić information content (AvgIpc) is 3.24. The average molecular weight is 327 g/mol. The first-order chi connectivity index (χ1) is 11.7. The maximum Gasteiger partial charge on any atom is 0.326 e. The van der Waals surface area contributed by atoms with E-state index in [0.717, 1.165) is 11.0 Å². The molecule has 0 aliphatic carbocycles. The van der Waals surface area contributed by atoms with Crippen molar-refractivity contribution in [2.45, 2.75) is 12.6 Å². The maximum absolute atomic E-state index is 12.8. The molecule has 124 valence electrons. The molecule has 1 aromatic carbocycles. The number of aromatic nitrogens is 2. The van der Waals surface area contributed by atoms with Gasteiger partial charge in [-0.1, -0.05) is 12.1 Å². The molecule has 7 nitrogen and oxygen atoms in total. The number of furan rings is 1. The van der Waals surface area contributed by atoms with Gasteiger partial charge in [-0.15, -0.1) is 0 Å². The number of aromatic amines is 1. The monoisotopic (exact) mass is 327 g/mol. The minimum atomic E-state index is -0.285. The van der Waals surface area contributed by atoms with Crippen LogP contribution < -0.4 is 5.69 Å². The summed E-state index contributed by atoms with van der Waals surface area (Å²) in [4.78, 5) is 29.5. The van der Waals surface area contributed by atoms with E-state index in [1.165, 1.54) is 4.57 Å². The van der Waals surface area contributed by atoms with Crippen molar-refractivity contribution in [2.75, 3.05) is 19.8 Å². The smallest absolute Gasteiger partial charge is 0.326 e. The topological polar surface area (TPSA) is 80.5 Å². The molecule has 24 heavy (non-hydrogen) atoms. The van der Waals surface area contributed by atoms with E-state index < -0.39 is 0 Å². The molecule has 3 heterocycles. The molecule has 1 saturated heterocycles. The number of ether oxygens (including phenoxy) is 1. The van der Waals surface area contributed by atoms with Gasteiger partial charge in [0.2, 0.25) is 5.91 Å². The molecule has 1 atom stereocenters. The summed E-state index contributed by atoms with van der Waals surface area (Å²) in [6.45, 7) is 1.33. The Hall–Kier alpha value is -2.80. The predicted molar refractivity (Wildman–Crippen MR) is 86.5 cm³/mol. The van der Waals surface area contributed by atoms with Crippen molar-refractivity contribution in [3.63, 3.8) is 0 Å². The van der Waals surface area contributed by atoms with Gasteiger partial charge in [0.05, 0.1) is 30.5 Å². The van der Waals surface area contributed by atoms with Crippen LogP contribution in [0.5, 0.6) is 0 Å². The molecule has 4 rings (SSSR count). The molecule has 1 amide bonds. The molecular weight excluding hydrogens is 310 g/mol. The molecule has 2 aromatic heterocycles. The Labute approximate surface area is 137 Å². The lowest BCUT2D eigenvalue weighted by Gasteiger charge is -2.34. The second-order valence-corrected chi connectivity index (χ2v) is 5.73. The van der Waals surface area contributed by atoms with Gasteiger partial charge in [0.15, 0.2) is 0 Å². The van der Waals surface area contributed by atoms with Crippen molar-refractivity contribution < 1.29 is 13.9 Å². The number of hydrogen-bond donors (Lipinski definition) is 1. The zero-order chi connectivity index (χ0) is 16.5. The second kappa shape index (κ2) is 6.01. The van der Waals surface area contributed by atoms with E-state index in [1.54, 1.807) is 17.2 Å². The number of nitrogens with one attached hydrogen (secondary N) is 1. The van der Waals surface area contributed by atoms with Gasteiger partial charge in [-0.3, -0.25) is 9.36 Å². The van der Waals surface area contributed by atoms with E-state index in [9.17, 15) is 9.59 Å². The highest BCUT2D eigenvalue weighted by Crippen LogP contribution is 2.25. The number of benzene rings is 1. The van der Waals surface area contributed by atoms with Crippen molar-refractivity contribution in [3.8, 4) is 0 Å². The van der Waals surface area contributed by atoms with Gasteiger partial charge in [-0.25, -0.2) is 4.79 Å². The number of imidazole rings is 1. The lowest BCUT2D eigenvalue weighted by atomic mass is 10.1. The molecular formula is C17H17N3O4. The van der Waals surface area contributed by atoms with Gasteiger partial charge in [-0.2, -0.15) is 0 Å². The number of nitrogens with zero attached hydrogens (tertiary/aromatic N) is 2. The van der Waals surface area contributed by atoms with Crippen LogP contribution in [-0.4, -0.2) is 40.1 Å². The fourth-order valence-electron chi connectivity index (χ4n) is 3.11. The number of morpholine rings is 1. The Kier molecular flexibility index (Phi) is 3.70. The fourth-order valence-corrected chi connectivity index (χ4v) is 3.11. The van der Waals surface area contributed by atoms with E-state index in [0.29, 0.717) is 25.5 Å². The minimum Gasteiger partial charge on any atom is -0.467 e. The highest BCUT2D eigenvalue weighted by molar-refractivity contribution is 5.80. The van der Waals surface area contributed by atoms with Gasteiger partial charge >= 0.3 is 5.69 Å². The van der Waals surface area contributed by atoms with E-state index in [-0.39, 0.29) is 24.2 Å². The highest BCUT2D eigenvalue weighted by Gasteiger charge is 2.30. The molecule has 1 fully saturated rings. The third-order valence-electron chi connectivity index (χ3n) is 4.30. The number of H-pyrrole nitrogens is 1. The molecule has 1 aliphatic rings. The van der Waals surface area contributed by atoms with Crippen molar-refractivity contribution >= 4 is 16.9 Å². The zero-order valence-electron chi connectivity index (χ0n) is 13.0. The summed E-state index contributed by atoms with van der Waals surface area (Å²) in [6, 6.07) is 10.7. The molecule has 0 saturated carbocycles. The van der Waals surface area contributed by atoms with Crippen LogP contribution in [0.3, 0.4) is 0 Å². The van der Waals surface area contributed by atoms with Crippen molar-refractivity contribution in [1.29, 1.82) is 0 Å². The quantitative estimate of drug-likeness (QED) is 0.791. The summed E-state index contributed by atoms with van der Waals surface area (Å²) in [5.41, 5.74) is 1.16. The molecule has 1 aliphatic heterocycles. The Balaban J connectivity index is 1.62. The van der Waals surface area contributed by atoms with E-state index in [1.807, 2.05) is 30.3 Å². The summed E-state index contributed by atoms with van der Waals surface area (Å²) < 4.78 is 12.4. The molecule has 0 spiro atoms. The van der Waals surface area contributed by atoms with Crippen LogP contribution in [0.4, 0.5) is 0 Å². The van der Waals surface area contributed by atoms with Gasteiger partial charge < -0.3 is 19.0 Å². The largest absolute Gasteiger partial charge is 0.467 e. The predicted octanol–water partition coefficient (Wildman–Crippen LogP) is 1.52. The van der Waals surface area contributed by atoms with Crippen LogP contribution in [0.25, 0.3) is 11.0 Å². The van der Waals surface area contributed by atoms with E-state index in [4.69, 9.17) is 9.15 Å². The number of fused-ring (bicyclic) bond motifs is 1. The summed E-state index contributed by atoms with van der Waals surface area (Å²) in [6.07, 6.45) is 1.58. The normalized spacial score (nSPS) is 18.2. The van der Waals surface area contributed by atoms with Crippen LogP contribution in [0, 0.1) is 0 Å². The first kappa shape index (κ1) is 14.8. The highest BCUT2D eigenvalue weighted by atomic mass is 16.5. The molecule has 3 aromatic rings. The third kappa shape index (κ3) is 2.52. The number of hydrogen-bond acceptors (Lipinski definition) is 4. The lowest BCUT2D eigenvalue weighted by Crippen LogP contribution is -2.45. The Bertz CT molecular complexity index is 909. The molecule has 0 radical (unpaired) electrons. The number of rotatable bonds is 3. The van der Waals surface area contributed by atoms with Gasteiger partial charge in [0.25, 0.3) is 0 Å². The maximum atomic E-state index is 12.8. The van der Waals surface area contributed by atoms with E-state index in [2.05, 4.69) is 4.98 Å². The molecule has 7 heteroatoms. The van der Waals surface area contributed by atoms with Gasteiger partial charge in [-0.05, 0) is 24.3 Å². The number of amides is 1. The summed E-state index contributed by atoms with van der Waals surface area (Å²) in [5.74, 6) is 0.556. The lowest BCUT2D eigenvalue weighted by molar-refractivity contribution is -0.141. The Morgan fingerprint density at radius 2 is 2.12 bits per heavy atom. The van der Waals surface area contributed by atoms with Crippen LogP contribution >= 0.6 is 0 Å². The molecule has 1 N–H and O–H groups in total. The zero-order valence-corrected chi connectivity index (χ0v) is 13.0. The summed E-state index contributed by atoms with van der Waals surface area (Å²) >= 11 is 0. The third-order valence-corrected chi connectivity index (χ3v) is 4.30. The summed E-state index contributed by atoms with van der Waals surface area (Å²) in [5, 5.41) is 0. The van der Waals surface area contributed by atoms with Crippen molar-refractivity contribution in [1.82, 2.24) is 14.5 Å². The van der Waals surface area contributed by atoms with Crippen molar-refractivity contribution in [2.24, 2.45) is 0 Å². The molecule has 1 unspecified atom stereocenters. The van der Waals surface area contributed by atoms with Crippen LogP contribution in [0.1, 0.15) is 11.8 Å². The van der Waals surface area contributed by atoms with Gasteiger partial charge in [0, 0.05) is 6.54 Å². The number of para-hydroxylation sites is 2. The Morgan fingerprint density at radius 3 is 2.96 bits per heavy atom. The van der Waals surface area contributed by atoms with Crippen LogP contribution in [0.2, 0.25) is 0 Å². The SMILES string of the molecule is O=C(Cn1c(=O)[nH]c2ccccc21)N1CCOCC1c1ccco1. The standard InChI is InChI=1S/C17H17N3O4/c21-16(10-20-13-5-2-1-4-12(13)18-17(20)22)19-7-9-23-11-14(19)15-6-3-8-24-15/h1-6,8,14H,7,9-11H2,(H,18,22). The Morgan fingerprint density at radius 1 is 1.25 bits per heavy atom. The second-order valence-electron chi connectivity index (χ2n) is 5.73. The number of carbonyl (C=O) groups excluding carboxylic acids is 1. The first-order valence-electron chi connectivity index (χ1n) is 7.82. The van der Waals surface area contributed by atoms with Gasteiger partial charge in [0.1, 0.15) is 18.3 Å². The van der Waals surface area contributed by atoms with Crippen LogP contribution in [-0.2, 0) is 16.1 Å². The number of carbonyl (C=O) groups is 1. The minimum absolute atomic E-state index is 0.0138. The molecule has 0 bridgehead atoms. The first-order valence-corrected chi connectivity index (χ1v) is 7.82. The summed E-state index contributed by atoms with van der Waals surface area (Å²) in [7, 11) is 0. The van der Waals surface area contributed by atoms with Crippen molar-refractivity contribution in [3.05, 3.63) is 58.9 Å². The van der Waals surface area contributed by atoms with Crippen LogP contribution in [0.15, 0.2) is 51.9 Å². The van der Waals surface area contributed by atoms with E-state index >= 15 is 0 Å². The fraction of sp³-hybridized carbons (Fsp3) is 0.294.